The Labute approximate surface area is 160 Å². The van der Waals surface area contributed by atoms with Crippen LogP contribution in [-0.4, -0.2) is 11.6 Å². The number of aromatic nitrogens is 1. The van der Waals surface area contributed by atoms with Gasteiger partial charge in [0.25, 0.3) is 0 Å². The van der Waals surface area contributed by atoms with Crippen molar-refractivity contribution in [3.05, 3.63) is 84.4 Å². The van der Waals surface area contributed by atoms with Crippen LogP contribution in [0.2, 0.25) is 0 Å². The van der Waals surface area contributed by atoms with E-state index in [0.717, 1.165) is 35.6 Å². The second-order valence-corrected chi connectivity index (χ2v) is 6.84. The fraction of sp³-hybridized carbons (Fsp3) is 0.160. The Morgan fingerprint density at radius 2 is 1.41 bits per heavy atom. The zero-order chi connectivity index (χ0) is 18.6. The number of ether oxygens (including phenoxy) is 1. The molecular weight excluding hydrogens is 330 g/mol. The van der Waals surface area contributed by atoms with Crippen LogP contribution in [0.4, 0.5) is 0 Å². The molecule has 0 bridgehead atoms. The molecule has 27 heavy (non-hydrogen) atoms. The molecule has 4 aromatic rings. The van der Waals surface area contributed by atoms with Crippen molar-refractivity contribution in [3.8, 4) is 28.1 Å². The molecule has 0 aliphatic carbocycles. The van der Waals surface area contributed by atoms with E-state index >= 15 is 0 Å². The molecule has 1 aromatic heterocycles. The molecule has 0 spiro atoms. The van der Waals surface area contributed by atoms with Gasteiger partial charge in [0.15, 0.2) is 0 Å². The average molecular weight is 353 g/mol. The van der Waals surface area contributed by atoms with Crippen LogP contribution in [0.1, 0.15) is 18.9 Å². The van der Waals surface area contributed by atoms with Gasteiger partial charge in [-0.1, -0.05) is 61.0 Å². The molecule has 0 radical (unpaired) electrons. The van der Waals surface area contributed by atoms with Crippen LogP contribution >= 0.6 is 0 Å². The maximum atomic E-state index is 5.66. The number of pyridine rings is 1. The summed E-state index contributed by atoms with van der Waals surface area (Å²) >= 11 is 0. The predicted octanol–water partition coefficient (Wildman–Crippen LogP) is 6.67. The Bertz CT molecular complexity index is 1050. The molecule has 0 saturated carbocycles. The second-order valence-electron chi connectivity index (χ2n) is 6.84. The van der Waals surface area contributed by atoms with Gasteiger partial charge in [-0.2, -0.15) is 0 Å². The van der Waals surface area contributed by atoms with Gasteiger partial charge in [0.05, 0.1) is 17.8 Å². The first-order valence-corrected chi connectivity index (χ1v) is 9.44. The summed E-state index contributed by atoms with van der Waals surface area (Å²) < 4.78 is 5.66. The first kappa shape index (κ1) is 17.3. The van der Waals surface area contributed by atoms with Crippen molar-refractivity contribution in [2.75, 3.05) is 6.61 Å². The highest BCUT2D eigenvalue weighted by Crippen LogP contribution is 2.27. The first-order chi connectivity index (χ1) is 13.2. The minimum Gasteiger partial charge on any atom is -0.494 e. The van der Waals surface area contributed by atoms with Crippen molar-refractivity contribution >= 4 is 10.9 Å². The molecule has 0 atom stereocenters. The maximum absolute atomic E-state index is 5.66. The van der Waals surface area contributed by atoms with Crippen LogP contribution in [0.3, 0.4) is 0 Å². The summed E-state index contributed by atoms with van der Waals surface area (Å²) in [4.78, 5) is 4.81. The summed E-state index contributed by atoms with van der Waals surface area (Å²) in [5, 5.41) is 1.18. The summed E-state index contributed by atoms with van der Waals surface area (Å²) in [5.41, 5.74) is 6.80. The maximum Gasteiger partial charge on any atom is 0.119 e. The van der Waals surface area contributed by atoms with E-state index in [1.165, 1.54) is 22.1 Å². The molecule has 0 fully saturated rings. The van der Waals surface area contributed by atoms with Crippen molar-refractivity contribution < 1.29 is 4.74 Å². The van der Waals surface area contributed by atoms with E-state index in [-0.39, 0.29) is 0 Å². The minimum atomic E-state index is 0.756. The molecule has 0 saturated heterocycles. The Balaban J connectivity index is 1.57. The second kappa shape index (κ2) is 7.63. The van der Waals surface area contributed by atoms with Gasteiger partial charge in [0, 0.05) is 10.9 Å². The predicted molar refractivity (Wildman–Crippen MR) is 113 cm³/mol. The Hall–Kier alpha value is -3.13. The van der Waals surface area contributed by atoms with Gasteiger partial charge in [0.1, 0.15) is 5.75 Å². The lowest BCUT2D eigenvalue weighted by atomic mass is 10.0. The van der Waals surface area contributed by atoms with Crippen LogP contribution in [0, 0.1) is 6.92 Å². The largest absolute Gasteiger partial charge is 0.494 e. The standard InChI is InChI=1S/C25H23NO/c1-3-16-27-23-12-9-20(10-13-23)19-5-7-21(8-6-19)24-15-11-22-17-18(2)4-14-25(22)26-24/h4-15,17H,3,16H2,1-2H3. The van der Waals surface area contributed by atoms with Gasteiger partial charge in [-0.05, 0) is 54.8 Å². The number of rotatable bonds is 5. The molecule has 0 N–H and O–H groups in total. The third-order valence-corrected chi connectivity index (χ3v) is 4.69. The third kappa shape index (κ3) is 3.85. The number of aryl methyl sites for hydroxylation is 1. The highest BCUT2D eigenvalue weighted by atomic mass is 16.5. The normalized spacial score (nSPS) is 10.9. The van der Waals surface area contributed by atoms with Crippen LogP contribution < -0.4 is 4.74 Å². The van der Waals surface area contributed by atoms with E-state index in [9.17, 15) is 0 Å². The Kier molecular flexibility index (Phi) is 4.88. The highest BCUT2D eigenvalue weighted by molar-refractivity contribution is 5.82. The third-order valence-electron chi connectivity index (χ3n) is 4.69. The number of benzene rings is 3. The fourth-order valence-corrected chi connectivity index (χ4v) is 3.20. The van der Waals surface area contributed by atoms with Crippen LogP contribution in [0.5, 0.6) is 5.75 Å². The molecule has 1 heterocycles. The molecule has 0 amide bonds. The molecule has 2 heteroatoms. The molecule has 0 aliphatic heterocycles. The SMILES string of the molecule is CCCOc1ccc(-c2ccc(-c3ccc4cc(C)ccc4n3)cc2)cc1. The average Bonchev–Trinajstić information content (AvgIpc) is 2.72. The van der Waals surface area contributed by atoms with E-state index in [1.54, 1.807) is 0 Å². The van der Waals surface area contributed by atoms with Crippen molar-refractivity contribution in [2.24, 2.45) is 0 Å². The molecular formula is C25H23NO. The molecule has 134 valence electrons. The lowest BCUT2D eigenvalue weighted by molar-refractivity contribution is 0.317. The van der Waals surface area contributed by atoms with Crippen molar-refractivity contribution in [1.82, 2.24) is 4.98 Å². The lowest BCUT2D eigenvalue weighted by Gasteiger charge is -2.08. The van der Waals surface area contributed by atoms with Gasteiger partial charge in [-0.15, -0.1) is 0 Å². The summed E-state index contributed by atoms with van der Waals surface area (Å²) in [6.07, 6.45) is 1.02. The fourth-order valence-electron chi connectivity index (χ4n) is 3.20. The molecule has 3 aromatic carbocycles. The molecule has 2 nitrogen and oxygen atoms in total. The zero-order valence-corrected chi connectivity index (χ0v) is 15.8. The first-order valence-electron chi connectivity index (χ1n) is 9.44. The summed E-state index contributed by atoms with van der Waals surface area (Å²) in [5.74, 6) is 0.924. The minimum absolute atomic E-state index is 0.756. The molecule has 0 unspecified atom stereocenters. The highest BCUT2D eigenvalue weighted by Gasteiger charge is 2.04. The van der Waals surface area contributed by atoms with E-state index in [2.05, 4.69) is 80.6 Å². The van der Waals surface area contributed by atoms with Crippen molar-refractivity contribution in [1.29, 1.82) is 0 Å². The van der Waals surface area contributed by atoms with Gasteiger partial charge in [0.2, 0.25) is 0 Å². The van der Waals surface area contributed by atoms with Crippen molar-refractivity contribution in [2.45, 2.75) is 20.3 Å². The molecule has 4 rings (SSSR count). The van der Waals surface area contributed by atoms with Crippen molar-refractivity contribution in [3.63, 3.8) is 0 Å². The van der Waals surface area contributed by atoms with E-state index < -0.39 is 0 Å². The summed E-state index contributed by atoms with van der Waals surface area (Å²) in [6.45, 7) is 4.97. The van der Waals surface area contributed by atoms with Gasteiger partial charge in [-0.3, -0.25) is 0 Å². The smallest absolute Gasteiger partial charge is 0.119 e. The molecule has 0 aliphatic rings. The van der Waals surface area contributed by atoms with Crippen LogP contribution in [-0.2, 0) is 0 Å². The van der Waals surface area contributed by atoms with Gasteiger partial charge < -0.3 is 4.74 Å². The van der Waals surface area contributed by atoms with E-state index in [0.29, 0.717) is 0 Å². The van der Waals surface area contributed by atoms with E-state index in [4.69, 9.17) is 9.72 Å². The number of nitrogens with zero attached hydrogens (tertiary/aromatic N) is 1. The lowest BCUT2D eigenvalue weighted by Crippen LogP contribution is -1.94. The number of hydrogen-bond donors (Lipinski definition) is 0. The van der Waals surface area contributed by atoms with E-state index in [1.807, 2.05) is 12.1 Å². The zero-order valence-electron chi connectivity index (χ0n) is 15.8. The number of hydrogen-bond acceptors (Lipinski definition) is 2. The van der Waals surface area contributed by atoms with Crippen LogP contribution in [0.15, 0.2) is 78.9 Å². The topological polar surface area (TPSA) is 22.1 Å². The Morgan fingerprint density at radius 3 is 2.11 bits per heavy atom. The van der Waals surface area contributed by atoms with Gasteiger partial charge >= 0.3 is 0 Å². The monoisotopic (exact) mass is 353 g/mol. The van der Waals surface area contributed by atoms with Crippen LogP contribution in [0.25, 0.3) is 33.3 Å². The quantitative estimate of drug-likeness (QED) is 0.400. The summed E-state index contributed by atoms with van der Waals surface area (Å²) in [7, 11) is 0. The summed E-state index contributed by atoms with van der Waals surface area (Å²) in [6, 6.07) is 27.5. The Morgan fingerprint density at radius 1 is 0.741 bits per heavy atom. The number of fused-ring (bicyclic) bond motifs is 1. The van der Waals surface area contributed by atoms with Gasteiger partial charge in [-0.25, -0.2) is 4.98 Å².